The highest BCUT2D eigenvalue weighted by Gasteiger charge is 2.01. The Morgan fingerprint density at radius 1 is 1.35 bits per heavy atom. The van der Waals surface area contributed by atoms with Crippen molar-refractivity contribution in [1.82, 2.24) is 15.0 Å². The zero-order valence-corrected chi connectivity index (χ0v) is 8.82. The Kier molecular flexibility index (Phi) is 2.87. The number of rotatable bonds is 3. The first-order chi connectivity index (χ1) is 8.16. The first-order valence-electron chi connectivity index (χ1n) is 4.84. The fraction of sp³-hybridized carbons (Fsp3) is 0. The summed E-state index contributed by atoms with van der Waals surface area (Å²) in [6, 6.07) is 7.12. The van der Waals surface area contributed by atoms with E-state index in [1.54, 1.807) is 41.3 Å². The smallest absolute Gasteiger partial charge is 0.351 e. The quantitative estimate of drug-likeness (QED) is 0.755. The van der Waals surface area contributed by atoms with Gasteiger partial charge >= 0.3 is 5.97 Å². The van der Waals surface area contributed by atoms with Crippen LogP contribution in [0.15, 0.2) is 42.4 Å². The average Bonchev–Trinajstić information content (AvgIpc) is 2.83. The zero-order chi connectivity index (χ0) is 12.3. The van der Waals surface area contributed by atoms with Crippen molar-refractivity contribution < 1.29 is 9.90 Å². The molecule has 0 saturated heterocycles. The summed E-state index contributed by atoms with van der Waals surface area (Å²) >= 11 is 0. The minimum atomic E-state index is -1.13. The highest BCUT2D eigenvalue weighted by Crippen LogP contribution is 2.10. The molecule has 0 aliphatic rings. The minimum Gasteiger partial charge on any atom is -0.477 e. The van der Waals surface area contributed by atoms with Crippen molar-refractivity contribution in [3.63, 3.8) is 0 Å². The van der Waals surface area contributed by atoms with Gasteiger partial charge in [0.05, 0.1) is 18.1 Å². The molecule has 1 aromatic heterocycles. The maximum absolute atomic E-state index is 10.5. The van der Waals surface area contributed by atoms with Crippen molar-refractivity contribution in [3.8, 4) is 5.69 Å². The van der Waals surface area contributed by atoms with Gasteiger partial charge in [0.15, 0.2) is 0 Å². The summed E-state index contributed by atoms with van der Waals surface area (Å²) in [7, 11) is 0. The number of carboxylic acids is 1. The van der Waals surface area contributed by atoms with Crippen molar-refractivity contribution >= 4 is 12.0 Å². The number of hydrogen-bond acceptors (Lipinski definition) is 4. The van der Waals surface area contributed by atoms with Crippen LogP contribution in [0, 0.1) is 0 Å². The molecule has 17 heavy (non-hydrogen) atoms. The third-order valence-electron chi connectivity index (χ3n) is 2.15. The molecule has 0 atom stereocenters. The van der Waals surface area contributed by atoms with Gasteiger partial charge in [0.2, 0.25) is 0 Å². The third kappa shape index (κ3) is 2.49. The van der Waals surface area contributed by atoms with Crippen molar-refractivity contribution in [2.75, 3.05) is 0 Å². The van der Waals surface area contributed by atoms with E-state index >= 15 is 0 Å². The number of aliphatic carboxylic acids is 1. The number of carbonyl (C=O) groups is 1. The highest BCUT2D eigenvalue weighted by molar-refractivity contribution is 5.90. The third-order valence-corrected chi connectivity index (χ3v) is 2.15. The predicted molar refractivity (Wildman–Crippen MR) is 61.2 cm³/mol. The van der Waals surface area contributed by atoms with E-state index < -0.39 is 5.97 Å². The molecule has 86 valence electrons. The van der Waals surface area contributed by atoms with E-state index in [2.05, 4.69) is 10.3 Å². The summed E-state index contributed by atoms with van der Waals surface area (Å²) in [5.41, 5.74) is 6.68. The summed E-state index contributed by atoms with van der Waals surface area (Å²) in [6.45, 7) is 0. The summed E-state index contributed by atoms with van der Waals surface area (Å²) in [5, 5.41) is 16.2. The maximum Gasteiger partial charge on any atom is 0.351 e. The fourth-order valence-corrected chi connectivity index (χ4v) is 1.31. The molecule has 0 aliphatic heterocycles. The predicted octanol–water partition coefficient (Wildman–Crippen LogP) is 0.652. The normalized spacial score (nSPS) is 11.4. The van der Waals surface area contributed by atoms with Crippen LogP contribution in [0.1, 0.15) is 5.56 Å². The van der Waals surface area contributed by atoms with Crippen LogP contribution in [-0.4, -0.2) is 26.1 Å². The molecule has 3 N–H and O–H groups in total. The zero-order valence-electron chi connectivity index (χ0n) is 8.82. The van der Waals surface area contributed by atoms with Gasteiger partial charge in [0, 0.05) is 0 Å². The molecule has 1 aromatic carbocycles. The van der Waals surface area contributed by atoms with Crippen LogP contribution in [-0.2, 0) is 4.79 Å². The van der Waals surface area contributed by atoms with Gasteiger partial charge in [-0.15, -0.1) is 5.10 Å². The molecule has 0 bridgehead atoms. The fourth-order valence-electron chi connectivity index (χ4n) is 1.31. The van der Waals surface area contributed by atoms with E-state index in [4.69, 9.17) is 10.8 Å². The molecule has 6 heteroatoms. The molecule has 1 heterocycles. The van der Waals surface area contributed by atoms with Crippen LogP contribution in [0.25, 0.3) is 11.8 Å². The molecule has 0 aliphatic carbocycles. The largest absolute Gasteiger partial charge is 0.477 e. The molecule has 0 saturated carbocycles. The summed E-state index contributed by atoms with van der Waals surface area (Å²) < 4.78 is 1.61. The first-order valence-corrected chi connectivity index (χ1v) is 4.84. The van der Waals surface area contributed by atoms with E-state index in [9.17, 15) is 4.79 Å². The standard InChI is InChI=1S/C11H10N4O2/c12-10(11(16)17)7-8-1-3-9(4-2-8)15-6-5-13-14-15/h1-7H,12H2,(H,16,17)/b10-7-. The number of hydrogen-bond donors (Lipinski definition) is 2. The van der Waals surface area contributed by atoms with E-state index in [1.165, 1.54) is 6.08 Å². The topological polar surface area (TPSA) is 94.0 Å². The molecular formula is C11H10N4O2. The van der Waals surface area contributed by atoms with Crippen LogP contribution < -0.4 is 5.73 Å². The molecule has 0 radical (unpaired) electrons. The number of carboxylic acid groups (broad SMARTS) is 1. The molecule has 2 aromatic rings. The van der Waals surface area contributed by atoms with Gasteiger partial charge < -0.3 is 10.8 Å². The van der Waals surface area contributed by atoms with Gasteiger partial charge in [-0.1, -0.05) is 17.3 Å². The number of benzene rings is 1. The van der Waals surface area contributed by atoms with Crippen molar-refractivity contribution in [2.24, 2.45) is 5.73 Å². The summed E-state index contributed by atoms with van der Waals surface area (Å²) in [5.74, 6) is -1.13. The maximum atomic E-state index is 10.5. The highest BCUT2D eigenvalue weighted by atomic mass is 16.4. The second-order valence-electron chi connectivity index (χ2n) is 3.34. The Balaban J connectivity index is 2.25. The number of nitrogens with two attached hydrogens (primary N) is 1. The Bertz CT molecular complexity index is 543. The van der Waals surface area contributed by atoms with E-state index in [-0.39, 0.29) is 5.70 Å². The van der Waals surface area contributed by atoms with Crippen molar-refractivity contribution in [1.29, 1.82) is 0 Å². The van der Waals surface area contributed by atoms with Crippen LogP contribution in [0.2, 0.25) is 0 Å². The van der Waals surface area contributed by atoms with Crippen LogP contribution in [0.5, 0.6) is 0 Å². The van der Waals surface area contributed by atoms with Crippen molar-refractivity contribution in [2.45, 2.75) is 0 Å². The minimum absolute atomic E-state index is 0.196. The lowest BCUT2D eigenvalue weighted by atomic mass is 10.2. The molecule has 0 amide bonds. The Morgan fingerprint density at radius 2 is 2.06 bits per heavy atom. The lowest BCUT2D eigenvalue weighted by molar-refractivity contribution is -0.132. The SMILES string of the molecule is N/C(=C\c1ccc(-n2ccnn2)cc1)C(=O)O. The number of nitrogens with zero attached hydrogens (tertiary/aromatic N) is 3. The second-order valence-corrected chi connectivity index (χ2v) is 3.34. The molecule has 6 nitrogen and oxygen atoms in total. The second kappa shape index (κ2) is 4.48. The van der Waals surface area contributed by atoms with E-state index in [1.807, 2.05) is 0 Å². The van der Waals surface area contributed by atoms with Gasteiger partial charge in [-0.05, 0) is 23.8 Å². The Morgan fingerprint density at radius 3 is 2.59 bits per heavy atom. The van der Waals surface area contributed by atoms with Gasteiger partial charge in [0.25, 0.3) is 0 Å². The van der Waals surface area contributed by atoms with E-state index in [0.29, 0.717) is 5.56 Å². The lowest BCUT2D eigenvalue weighted by Crippen LogP contribution is -2.09. The van der Waals surface area contributed by atoms with Gasteiger partial charge in [-0.2, -0.15) is 0 Å². The van der Waals surface area contributed by atoms with Crippen LogP contribution >= 0.6 is 0 Å². The summed E-state index contributed by atoms with van der Waals surface area (Å²) in [6.07, 6.45) is 4.69. The van der Waals surface area contributed by atoms with Gasteiger partial charge in [-0.25, -0.2) is 9.48 Å². The molecule has 0 fully saturated rings. The van der Waals surface area contributed by atoms with Gasteiger partial charge in [-0.3, -0.25) is 0 Å². The summed E-state index contributed by atoms with van der Waals surface area (Å²) in [4.78, 5) is 10.5. The monoisotopic (exact) mass is 230 g/mol. The lowest BCUT2D eigenvalue weighted by Gasteiger charge is -2.00. The Hall–Kier alpha value is -2.63. The molecular weight excluding hydrogens is 220 g/mol. The average molecular weight is 230 g/mol. The van der Waals surface area contributed by atoms with Crippen molar-refractivity contribution in [3.05, 3.63) is 47.9 Å². The molecule has 0 unspecified atom stereocenters. The Labute approximate surface area is 97.0 Å². The van der Waals surface area contributed by atoms with Gasteiger partial charge in [0.1, 0.15) is 5.70 Å². The molecule has 2 rings (SSSR count). The first kappa shape index (κ1) is 10.9. The molecule has 0 spiro atoms. The number of aromatic nitrogens is 3. The van der Waals surface area contributed by atoms with E-state index in [0.717, 1.165) is 5.69 Å². The van der Waals surface area contributed by atoms with Crippen LogP contribution in [0.3, 0.4) is 0 Å². The van der Waals surface area contributed by atoms with Crippen LogP contribution in [0.4, 0.5) is 0 Å².